The molecule has 1 N–H and O–H groups in total. The number of aromatic nitrogens is 2. The highest BCUT2D eigenvalue weighted by atomic mass is 35.5. The number of anilines is 1. The van der Waals surface area contributed by atoms with E-state index < -0.39 is 0 Å². The summed E-state index contributed by atoms with van der Waals surface area (Å²) in [6.07, 6.45) is 5.83. The summed E-state index contributed by atoms with van der Waals surface area (Å²) >= 11 is 6.21. The van der Waals surface area contributed by atoms with Crippen molar-refractivity contribution in [3.8, 4) is 22.6 Å². The molecule has 0 bridgehead atoms. The number of nitrogens with one attached hydrogen (secondary N) is 1. The lowest BCUT2D eigenvalue weighted by atomic mass is 10.0. The Balaban J connectivity index is 1.28. The van der Waals surface area contributed by atoms with Crippen LogP contribution in [0.4, 0.5) is 5.95 Å². The molecule has 0 radical (unpaired) electrons. The summed E-state index contributed by atoms with van der Waals surface area (Å²) in [6.45, 7) is 5.53. The van der Waals surface area contributed by atoms with Gasteiger partial charge in [0, 0.05) is 43.6 Å². The molecule has 4 rings (SSSR count). The minimum absolute atomic E-state index is 0.377. The van der Waals surface area contributed by atoms with E-state index in [4.69, 9.17) is 21.1 Å². The number of halogens is 1. The quantitative estimate of drug-likeness (QED) is 0.501. The summed E-state index contributed by atoms with van der Waals surface area (Å²) in [5.41, 5.74) is 3.28. The molecule has 0 saturated carbocycles. The molecule has 1 saturated heterocycles. The lowest BCUT2D eigenvalue weighted by Crippen LogP contribution is -2.38. The van der Waals surface area contributed by atoms with Crippen molar-refractivity contribution in [1.29, 1.82) is 0 Å². The molecule has 2 aromatic carbocycles. The summed E-state index contributed by atoms with van der Waals surface area (Å²) in [6, 6.07) is 14.3. The first-order valence-corrected chi connectivity index (χ1v) is 11.4. The number of hydrogen-bond donors (Lipinski definition) is 1. The topological polar surface area (TPSA) is 59.5 Å². The molecule has 1 aromatic heterocycles. The molecular weight excluding hydrogens is 424 g/mol. The van der Waals surface area contributed by atoms with Crippen LogP contribution in [0.3, 0.4) is 0 Å². The third kappa shape index (κ3) is 5.69. The van der Waals surface area contributed by atoms with Crippen molar-refractivity contribution in [3.63, 3.8) is 0 Å². The number of hydrogen-bond acceptors (Lipinski definition) is 6. The van der Waals surface area contributed by atoms with Gasteiger partial charge in [0.15, 0.2) is 0 Å². The van der Waals surface area contributed by atoms with E-state index in [1.54, 1.807) is 7.11 Å². The van der Waals surface area contributed by atoms with E-state index in [0.29, 0.717) is 23.6 Å². The fourth-order valence-electron chi connectivity index (χ4n) is 3.92. The Morgan fingerprint density at radius 3 is 2.41 bits per heavy atom. The van der Waals surface area contributed by atoms with Crippen LogP contribution in [0.5, 0.6) is 11.5 Å². The first kappa shape index (κ1) is 22.4. The number of nitrogens with zero attached hydrogens (tertiary/aromatic N) is 3. The van der Waals surface area contributed by atoms with Gasteiger partial charge >= 0.3 is 0 Å². The van der Waals surface area contributed by atoms with Crippen molar-refractivity contribution in [2.24, 2.45) is 0 Å². The number of ether oxygens (including phenoxy) is 2. The van der Waals surface area contributed by atoms with Gasteiger partial charge in [0.05, 0.1) is 18.7 Å². The Morgan fingerprint density at radius 1 is 1.03 bits per heavy atom. The minimum Gasteiger partial charge on any atom is -0.497 e. The van der Waals surface area contributed by atoms with Crippen LogP contribution in [0.15, 0.2) is 54.9 Å². The standard InChI is InChI=1S/C25H29ClN4O2/c1-3-32-24-14-18(4-9-23(24)26)17-30-12-10-21(11-13-30)29-25-27-15-20(16-28-25)19-5-7-22(31-2)8-6-19/h4-9,14-16,21H,3,10-13,17H2,1-2H3,(H,27,28,29). The highest BCUT2D eigenvalue weighted by molar-refractivity contribution is 6.32. The van der Waals surface area contributed by atoms with Gasteiger partial charge in [-0.2, -0.15) is 0 Å². The Labute approximate surface area is 194 Å². The summed E-state index contributed by atoms with van der Waals surface area (Å²) in [5.74, 6) is 2.28. The maximum atomic E-state index is 6.21. The Kier molecular flexibility index (Phi) is 7.45. The van der Waals surface area contributed by atoms with Gasteiger partial charge in [-0.3, -0.25) is 4.90 Å². The maximum Gasteiger partial charge on any atom is 0.222 e. The molecule has 0 unspecified atom stereocenters. The smallest absolute Gasteiger partial charge is 0.222 e. The summed E-state index contributed by atoms with van der Waals surface area (Å²) in [4.78, 5) is 11.5. The predicted molar refractivity (Wildman–Crippen MR) is 129 cm³/mol. The molecule has 32 heavy (non-hydrogen) atoms. The molecule has 0 aliphatic carbocycles. The fourth-order valence-corrected chi connectivity index (χ4v) is 4.10. The summed E-state index contributed by atoms with van der Waals surface area (Å²) in [7, 11) is 1.67. The first-order chi connectivity index (χ1) is 15.6. The minimum atomic E-state index is 0.377. The van der Waals surface area contributed by atoms with Crippen molar-refractivity contribution >= 4 is 17.5 Å². The van der Waals surface area contributed by atoms with E-state index >= 15 is 0 Å². The van der Waals surface area contributed by atoms with Gasteiger partial charge in [-0.1, -0.05) is 29.8 Å². The monoisotopic (exact) mass is 452 g/mol. The van der Waals surface area contributed by atoms with Crippen LogP contribution < -0.4 is 14.8 Å². The van der Waals surface area contributed by atoms with Gasteiger partial charge in [-0.15, -0.1) is 0 Å². The van der Waals surface area contributed by atoms with Crippen LogP contribution >= 0.6 is 11.6 Å². The van der Waals surface area contributed by atoms with E-state index in [2.05, 4.69) is 26.3 Å². The van der Waals surface area contributed by atoms with Gasteiger partial charge in [0.2, 0.25) is 5.95 Å². The van der Waals surface area contributed by atoms with Crippen molar-refractivity contribution in [2.75, 3.05) is 32.1 Å². The molecule has 7 heteroatoms. The predicted octanol–water partition coefficient (Wildman–Crippen LogP) is 5.28. The maximum absolute atomic E-state index is 6.21. The molecule has 1 aliphatic rings. The molecule has 0 atom stereocenters. The van der Waals surface area contributed by atoms with Crippen molar-refractivity contribution in [2.45, 2.75) is 32.4 Å². The zero-order chi connectivity index (χ0) is 22.3. The lowest BCUT2D eigenvalue weighted by Gasteiger charge is -2.32. The molecule has 1 aliphatic heterocycles. The fraction of sp³-hybridized carbons (Fsp3) is 0.360. The number of piperidine rings is 1. The van der Waals surface area contributed by atoms with Gasteiger partial charge < -0.3 is 14.8 Å². The third-order valence-corrected chi connectivity index (χ3v) is 6.01. The second kappa shape index (κ2) is 10.7. The van der Waals surface area contributed by atoms with E-state index in [0.717, 1.165) is 55.1 Å². The van der Waals surface area contributed by atoms with Gasteiger partial charge in [0.1, 0.15) is 11.5 Å². The largest absolute Gasteiger partial charge is 0.497 e. The first-order valence-electron chi connectivity index (χ1n) is 11.0. The number of rotatable bonds is 8. The van der Waals surface area contributed by atoms with Crippen molar-refractivity contribution in [1.82, 2.24) is 14.9 Å². The molecule has 2 heterocycles. The normalized spacial score (nSPS) is 14.8. The molecule has 3 aromatic rings. The Bertz CT molecular complexity index is 1000. The average molecular weight is 453 g/mol. The number of likely N-dealkylation sites (tertiary alicyclic amines) is 1. The van der Waals surface area contributed by atoms with E-state index in [1.807, 2.05) is 55.7 Å². The molecule has 0 amide bonds. The molecule has 0 spiro atoms. The molecule has 168 valence electrons. The third-order valence-electron chi connectivity index (χ3n) is 5.70. The lowest BCUT2D eigenvalue weighted by molar-refractivity contribution is 0.210. The van der Waals surface area contributed by atoms with E-state index in [1.165, 1.54) is 5.56 Å². The number of benzene rings is 2. The van der Waals surface area contributed by atoms with Crippen LogP contribution in [-0.4, -0.2) is 47.7 Å². The number of methoxy groups -OCH3 is 1. The van der Waals surface area contributed by atoms with Crippen LogP contribution in [0.25, 0.3) is 11.1 Å². The van der Waals surface area contributed by atoms with Crippen molar-refractivity contribution in [3.05, 3.63) is 65.4 Å². The van der Waals surface area contributed by atoms with Crippen LogP contribution in [0.1, 0.15) is 25.3 Å². The zero-order valence-corrected chi connectivity index (χ0v) is 19.3. The highest BCUT2D eigenvalue weighted by Crippen LogP contribution is 2.27. The van der Waals surface area contributed by atoms with E-state index in [-0.39, 0.29) is 0 Å². The van der Waals surface area contributed by atoms with Crippen molar-refractivity contribution < 1.29 is 9.47 Å². The zero-order valence-electron chi connectivity index (χ0n) is 18.6. The summed E-state index contributed by atoms with van der Waals surface area (Å²) in [5, 5.41) is 4.15. The van der Waals surface area contributed by atoms with Gasteiger partial charge in [0.25, 0.3) is 0 Å². The Hall–Kier alpha value is -2.83. The second-order valence-corrected chi connectivity index (χ2v) is 8.32. The molecule has 6 nitrogen and oxygen atoms in total. The van der Waals surface area contributed by atoms with Gasteiger partial charge in [-0.25, -0.2) is 9.97 Å². The highest BCUT2D eigenvalue weighted by Gasteiger charge is 2.20. The Morgan fingerprint density at radius 2 is 1.75 bits per heavy atom. The van der Waals surface area contributed by atoms with E-state index in [9.17, 15) is 0 Å². The van der Waals surface area contributed by atoms with Gasteiger partial charge in [-0.05, 0) is 55.2 Å². The SMILES string of the molecule is CCOc1cc(CN2CCC(Nc3ncc(-c4ccc(OC)cc4)cn3)CC2)ccc1Cl. The van der Waals surface area contributed by atoms with Crippen LogP contribution in [0.2, 0.25) is 5.02 Å². The summed E-state index contributed by atoms with van der Waals surface area (Å²) < 4.78 is 10.8. The van der Waals surface area contributed by atoms with Crippen LogP contribution in [-0.2, 0) is 6.54 Å². The van der Waals surface area contributed by atoms with Crippen LogP contribution in [0, 0.1) is 0 Å². The molecule has 1 fully saturated rings. The second-order valence-electron chi connectivity index (χ2n) is 7.92. The average Bonchev–Trinajstić information content (AvgIpc) is 2.83. The molecular formula is C25H29ClN4O2.